The second-order valence-corrected chi connectivity index (χ2v) is 4.72. The zero-order chi connectivity index (χ0) is 10.3. The van der Waals surface area contributed by atoms with Crippen LogP contribution in [0, 0.1) is 0 Å². The van der Waals surface area contributed by atoms with E-state index < -0.39 is 0 Å². The summed E-state index contributed by atoms with van der Waals surface area (Å²) in [5.41, 5.74) is 6.82. The smallest absolute Gasteiger partial charge is 0.0332 e. The van der Waals surface area contributed by atoms with Crippen LogP contribution in [0.5, 0.6) is 0 Å². The standard InChI is InChI=1S/C11H24N4/c1-2-4-10(5-3-1)15-14-9-11-8-12-6-7-13-11/h10-15H,1-9H2. The number of piperazine rings is 1. The molecule has 1 aliphatic heterocycles. The highest BCUT2D eigenvalue weighted by atomic mass is 15.4. The normalized spacial score (nSPS) is 29.2. The maximum Gasteiger partial charge on any atom is 0.0332 e. The molecule has 4 nitrogen and oxygen atoms in total. The van der Waals surface area contributed by atoms with Crippen LogP contribution in [-0.2, 0) is 0 Å². The summed E-state index contributed by atoms with van der Waals surface area (Å²) in [6.07, 6.45) is 6.88. The number of rotatable bonds is 4. The predicted molar refractivity (Wildman–Crippen MR) is 62.7 cm³/mol. The van der Waals surface area contributed by atoms with Crippen LogP contribution in [0.15, 0.2) is 0 Å². The van der Waals surface area contributed by atoms with E-state index in [0.29, 0.717) is 12.1 Å². The minimum absolute atomic E-state index is 0.579. The van der Waals surface area contributed by atoms with Crippen LogP contribution in [0.25, 0.3) is 0 Å². The Kier molecular flexibility index (Phi) is 4.86. The van der Waals surface area contributed by atoms with Gasteiger partial charge in [-0.05, 0) is 12.8 Å². The fourth-order valence-corrected chi connectivity index (χ4v) is 2.43. The van der Waals surface area contributed by atoms with Gasteiger partial charge in [-0.2, -0.15) is 0 Å². The Morgan fingerprint density at radius 2 is 1.93 bits per heavy atom. The molecule has 88 valence electrons. The molecule has 4 N–H and O–H groups in total. The Hall–Kier alpha value is -0.160. The van der Waals surface area contributed by atoms with Gasteiger partial charge in [0.15, 0.2) is 0 Å². The summed E-state index contributed by atoms with van der Waals surface area (Å²) in [6.45, 7) is 4.30. The van der Waals surface area contributed by atoms with Crippen molar-refractivity contribution in [2.24, 2.45) is 0 Å². The molecule has 0 bridgehead atoms. The molecule has 0 aromatic heterocycles. The highest BCUT2D eigenvalue weighted by Crippen LogP contribution is 2.16. The van der Waals surface area contributed by atoms with Crippen LogP contribution in [-0.4, -0.2) is 38.3 Å². The third kappa shape index (κ3) is 4.07. The minimum atomic E-state index is 0.579. The average molecular weight is 212 g/mol. The predicted octanol–water partition coefficient (Wildman–Crippen LogP) is -0.0253. The molecule has 1 saturated heterocycles. The number of nitrogens with one attached hydrogen (secondary N) is 4. The van der Waals surface area contributed by atoms with Gasteiger partial charge < -0.3 is 10.6 Å². The van der Waals surface area contributed by atoms with E-state index in [9.17, 15) is 0 Å². The van der Waals surface area contributed by atoms with Gasteiger partial charge in [0.1, 0.15) is 0 Å². The lowest BCUT2D eigenvalue weighted by molar-refractivity contribution is 0.310. The van der Waals surface area contributed by atoms with Gasteiger partial charge in [0.25, 0.3) is 0 Å². The third-order valence-corrected chi connectivity index (χ3v) is 3.39. The molecule has 1 unspecified atom stereocenters. The lowest BCUT2D eigenvalue weighted by Crippen LogP contribution is -2.55. The maximum absolute atomic E-state index is 3.49. The summed E-state index contributed by atoms with van der Waals surface area (Å²) < 4.78 is 0. The van der Waals surface area contributed by atoms with E-state index in [1.54, 1.807) is 0 Å². The van der Waals surface area contributed by atoms with Gasteiger partial charge in [0, 0.05) is 38.3 Å². The highest BCUT2D eigenvalue weighted by molar-refractivity contribution is 4.77. The van der Waals surface area contributed by atoms with Crippen molar-refractivity contribution in [3.63, 3.8) is 0 Å². The van der Waals surface area contributed by atoms with Crippen molar-refractivity contribution in [3.05, 3.63) is 0 Å². The largest absolute Gasteiger partial charge is 0.314 e. The van der Waals surface area contributed by atoms with Crippen LogP contribution in [0.2, 0.25) is 0 Å². The topological polar surface area (TPSA) is 48.1 Å². The van der Waals surface area contributed by atoms with Crippen molar-refractivity contribution in [3.8, 4) is 0 Å². The molecule has 2 rings (SSSR count). The van der Waals surface area contributed by atoms with Crippen LogP contribution in [0.1, 0.15) is 32.1 Å². The first kappa shape index (κ1) is 11.3. The monoisotopic (exact) mass is 212 g/mol. The van der Waals surface area contributed by atoms with Gasteiger partial charge in [-0.3, -0.25) is 10.9 Å². The van der Waals surface area contributed by atoms with E-state index in [0.717, 1.165) is 26.2 Å². The summed E-state index contributed by atoms with van der Waals surface area (Å²) in [5.74, 6) is 0. The van der Waals surface area contributed by atoms with Crippen LogP contribution in [0.4, 0.5) is 0 Å². The average Bonchev–Trinajstić information content (AvgIpc) is 2.32. The van der Waals surface area contributed by atoms with Crippen molar-refractivity contribution in [1.82, 2.24) is 21.5 Å². The Morgan fingerprint density at radius 3 is 2.67 bits per heavy atom. The lowest BCUT2D eigenvalue weighted by Gasteiger charge is -2.27. The van der Waals surface area contributed by atoms with Gasteiger partial charge in [-0.15, -0.1) is 0 Å². The van der Waals surface area contributed by atoms with Crippen LogP contribution >= 0.6 is 0 Å². The van der Waals surface area contributed by atoms with E-state index in [2.05, 4.69) is 21.5 Å². The fourth-order valence-electron chi connectivity index (χ4n) is 2.43. The Morgan fingerprint density at radius 1 is 1.07 bits per heavy atom. The van der Waals surface area contributed by atoms with Crippen LogP contribution in [0.3, 0.4) is 0 Å². The number of hydrogen-bond acceptors (Lipinski definition) is 4. The summed E-state index contributed by atoms with van der Waals surface area (Å²) in [5, 5.41) is 6.88. The van der Waals surface area contributed by atoms with E-state index >= 15 is 0 Å². The first-order valence-electron chi connectivity index (χ1n) is 6.37. The maximum atomic E-state index is 3.49. The zero-order valence-electron chi connectivity index (χ0n) is 9.52. The molecule has 1 aliphatic carbocycles. The van der Waals surface area contributed by atoms with Crippen molar-refractivity contribution < 1.29 is 0 Å². The molecule has 1 atom stereocenters. The molecule has 1 saturated carbocycles. The van der Waals surface area contributed by atoms with Gasteiger partial charge in [-0.1, -0.05) is 19.3 Å². The summed E-state index contributed by atoms with van der Waals surface area (Å²) in [4.78, 5) is 0. The van der Waals surface area contributed by atoms with Crippen molar-refractivity contribution in [2.75, 3.05) is 26.2 Å². The molecule has 0 amide bonds. The molecule has 0 aromatic rings. The molecule has 2 aliphatic rings. The molecule has 0 spiro atoms. The second kappa shape index (κ2) is 6.43. The summed E-state index contributed by atoms with van der Waals surface area (Å²) >= 11 is 0. The molecule has 0 aromatic carbocycles. The fraction of sp³-hybridized carbons (Fsp3) is 1.00. The molecular weight excluding hydrogens is 188 g/mol. The van der Waals surface area contributed by atoms with Gasteiger partial charge in [0.2, 0.25) is 0 Å². The van der Waals surface area contributed by atoms with Gasteiger partial charge in [-0.25, -0.2) is 0 Å². The molecule has 1 heterocycles. The van der Waals surface area contributed by atoms with E-state index in [1.165, 1.54) is 32.1 Å². The molecular formula is C11H24N4. The molecule has 4 heteroatoms. The second-order valence-electron chi connectivity index (χ2n) is 4.72. The first-order chi connectivity index (χ1) is 7.45. The van der Waals surface area contributed by atoms with Crippen LogP contribution < -0.4 is 21.5 Å². The lowest BCUT2D eigenvalue weighted by atomic mass is 9.96. The summed E-state index contributed by atoms with van der Waals surface area (Å²) in [6, 6.07) is 1.28. The SMILES string of the molecule is C1CCC(NNCC2CNCCN2)CC1. The highest BCUT2D eigenvalue weighted by Gasteiger charge is 2.14. The molecule has 2 fully saturated rings. The van der Waals surface area contributed by atoms with Crippen molar-refractivity contribution in [2.45, 2.75) is 44.2 Å². The first-order valence-corrected chi connectivity index (χ1v) is 6.37. The Balaban J connectivity index is 1.53. The number of hydrogen-bond donors (Lipinski definition) is 4. The summed E-state index contributed by atoms with van der Waals surface area (Å²) in [7, 11) is 0. The van der Waals surface area contributed by atoms with Crippen molar-refractivity contribution in [1.29, 1.82) is 0 Å². The molecule has 0 radical (unpaired) electrons. The van der Waals surface area contributed by atoms with E-state index in [4.69, 9.17) is 0 Å². The van der Waals surface area contributed by atoms with Crippen molar-refractivity contribution >= 4 is 0 Å². The van der Waals surface area contributed by atoms with Gasteiger partial charge >= 0.3 is 0 Å². The quantitative estimate of drug-likeness (QED) is 0.495. The van der Waals surface area contributed by atoms with E-state index in [-0.39, 0.29) is 0 Å². The Labute approximate surface area is 92.5 Å². The minimum Gasteiger partial charge on any atom is -0.314 e. The molecule has 15 heavy (non-hydrogen) atoms. The Bertz CT molecular complexity index is 144. The number of hydrazine groups is 1. The zero-order valence-corrected chi connectivity index (χ0v) is 9.52. The van der Waals surface area contributed by atoms with E-state index in [1.807, 2.05) is 0 Å². The van der Waals surface area contributed by atoms with Gasteiger partial charge in [0.05, 0.1) is 0 Å². The third-order valence-electron chi connectivity index (χ3n) is 3.39.